The molecule has 2 heterocycles. The Labute approximate surface area is 105 Å². The van der Waals surface area contributed by atoms with Crippen LogP contribution in [0, 0.1) is 0 Å². The molecular weight excluding hydrogens is 236 g/mol. The van der Waals surface area contributed by atoms with Crippen molar-refractivity contribution in [2.24, 2.45) is 5.73 Å². The third-order valence-corrected chi connectivity index (χ3v) is 3.72. The quantitative estimate of drug-likeness (QED) is 0.836. The van der Waals surface area contributed by atoms with Gasteiger partial charge in [-0.3, -0.25) is 4.79 Å². The number of hydrogen-bond donors (Lipinski definition) is 1. The van der Waals surface area contributed by atoms with Crippen LogP contribution in [0.4, 0.5) is 5.13 Å². The van der Waals surface area contributed by atoms with Crippen molar-refractivity contribution in [3.05, 3.63) is 11.6 Å². The van der Waals surface area contributed by atoms with Crippen molar-refractivity contribution in [2.75, 3.05) is 31.1 Å². The van der Waals surface area contributed by atoms with Gasteiger partial charge in [-0.2, -0.15) is 0 Å². The van der Waals surface area contributed by atoms with Crippen molar-refractivity contribution >= 4 is 22.4 Å². The van der Waals surface area contributed by atoms with E-state index < -0.39 is 6.04 Å². The van der Waals surface area contributed by atoms with Gasteiger partial charge in [0.25, 0.3) is 0 Å². The lowest BCUT2D eigenvalue weighted by atomic mass is 10.3. The molecule has 6 heteroatoms. The van der Waals surface area contributed by atoms with Crippen molar-refractivity contribution in [2.45, 2.75) is 19.4 Å². The van der Waals surface area contributed by atoms with Crippen LogP contribution in [0.1, 0.15) is 13.3 Å². The fourth-order valence-electron chi connectivity index (χ4n) is 1.99. The Morgan fingerprint density at radius 3 is 2.94 bits per heavy atom. The highest BCUT2D eigenvalue weighted by Gasteiger charge is 2.21. The molecule has 1 aromatic rings. The molecule has 0 bridgehead atoms. The first-order valence-electron chi connectivity index (χ1n) is 5.87. The molecule has 94 valence electrons. The minimum Gasteiger partial charge on any atom is -0.346 e. The number of hydrogen-bond acceptors (Lipinski definition) is 5. The highest BCUT2D eigenvalue weighted by Crippen LogP contribution is 2.19. The van der Waals surface area contributed by atoms with Gasteiger partial charge in [0.05, 0.1) is 6.04 Å². The van der Waals surface area contributed by atoms with Gasteiger partial charge in [-0.15, -0.1) is 11.3 Å². The largest absolute Gasteiger partial charge is 0.346 e. The molecule has 2 N–H and O–H groups in total. The van der Waals surface area contributed by atoms with Gasteiger partial charge in [0, 0.05) is 37.8 Å². The molecule has 1 aliphatic rings. The van der Waals surface area contributed by atoms with E-state index >= 15 is 0 Å². The van der Waals surface area contributed by atoms with Crippen LogP contribution in [0.25, 0.3) is 0 Å². The van der Waals surface area contributed by atoms with E-state index in [1.54, 1.807) is 18.3 Å². The summed E-state index contributed by atoms with van der Waals surface area (Å²) in [7, 11) is 0. The summed E-state index contributed by atoms with van der Waals surface area (Å²) in [4.78, 5) is 20.2. The van der Waals surface area contributed by atoms with Gasteiger partial charge in [0.15, 0.2) is 5.13 Å². The van der Waals surface area contributed by atoms with Crippen molar-refractivity contribution in [1.29, 1.82) is 0 Å². The molecule has 0 aromatic carbocycles. The van der Waals surface area contributed by atoms with E-state index in [1.165, 1.54) is 0 Å². The van der Waals surface area contributed by atoms with E-state index in [9.17, 15) is 4.79 Å². The molecule has 17 heavy (non-hydrogen) atoms. The number of nitrogens with two attached hydrogens (primary N) is 1. The molecule has 5 nitrogen and oxygen atoms in total. The molecule has 0 spiro atoms. The van der Waals surface area contributed by atoms with Crippen LogP contribution in [0.3, 0.4) is 0 Å². The number of anilines is 1. The predicted octanol–water partition coefficient (Wildman–Crippen LogP) is 0.529. The minimum absolute atomic E-state index is 0.0472. The molecule has 1 unspecified atom stereocenters. The second-order valence-electron chi connectivity index (χ2n) is 4.27. The first kappa shape index (κ1) is 12.3. The molecule has 1 aliphatic heterocycles. The Morgan fingerprint density at radius 2 is 2.29 bits per heavy atom. The van der Waals surface area contributed by atoms with Gasteiger partial charge in [-0.1, -0.05) is 0 Å². The van der Waals surface area contributed by atoms with E-state index in [0.29, 0.717) is 0 Å². The van der Waals surface area contributed by atoms with Crippen LogP contribution >= 0.6 is 11.3 Å². The number of nitrogens with zero attached hydrogens (tertiary/aromatic N) is 3. The van der Waals surface area contributed by atoms with Gasteiger partial charge >= 0.3 is 0 Å². The number of carbonyl (C=O) groups excluding carboxylic acids is 1. The lowest BCUT2D eigenvalue weighted by Crippen LogP contribution is -2.43. The second kappa shape index (κ2) is 5.46. The molecule has 0 saturated carbocycles. The van der Waals surface area contributed by atoms with Crippen molar-refractivity contribution < 1.29 is 4.79 Å². The van der Waals surface area contributed by atoms with Crippen LogP contribution < -0.4 is 10.6 Å². The Bertz CT molecular complexity index is 366. The molecule has 2 rings (SSSR count). The summed E-state index contributed by atoms with van der Waals surface area (Å²) in [5.74, 6) is 0.0472. The Kier molecular flexibility index (Phi) is 3.96. The topological polar surface area (TPSA) is 62.5 Å². The smallest absolute Gasteiger partial charge is 0.239 e. The van der Waals surface area contributed by atoms with E-state index in [-0.39, 0.29) is 5.91 Å². The minimum atomic E-state index is -0.401. The van der Waals surface area contributed by atoms with E-state index in [0.717, 1.165) is 37.7 Å². The van der Waals surface area contributed by atoms with Crippen LogP contribution in [-0.2, 0) is 4.79 Å². The van der Waals surface area contributed by atoms with Gasteiger partial charge < -0.3 is 15.5 Å². The highest BCUT2D eigenvalue weighted by molar-refractivity contribution is 7.13. The second-order valence-corrected chi connectivity index (χ2v) is 5.14. The number of thiazole rings is 1. The molecule has 1 saturated heterocycles. The van der Waals surface area contributed by atoms with Gasteiger partial charge in [-0.25, -0.2) is 4.98 Å². The fraction of sp³-hybridized carbons (Fsp3) is 0.636. The maximum absolute atomic E-state index is 11.8. The number of rotatable bonds is 2. The molecule has 1 amide bonds. The maximum Gasteiger partial charge on any atom is 0.239 e. The van der Waals surface area contributed by atoms with E-state index in [2.05, 4.69) is 9.88 Å². The SMILES string of the molecule is CC(N)C(=O)N1CCCN(c2nccs2)CC1. The lowest BCUT2D eigenvalue weighted by Gasteiger charge is -2.23. The number of aromatic nitrogens is 1. The normalized spacial score (nSPS) is 18.9. The zero-order valence-electron chi connectivity index (χ0n) is 10.0. The maximum atomic E-state index is 11.8. The summed E-state index contributed by atoms with van der Waals surface area (Å²) in [5, 5.41) is 3.02. The zero-order valence-corrected chi connectivity index (χ0v) is 10.8. The van der Waals surface area contributed by atoms with Crippen LogP contribution in [0.2, 0.25) is 0 Å². The van der Waals surface area contributed by atoms with Crippen molar-refractivity contribution in [3.63, 3.8) is 0 Å². The third kappa shape index (κ3) is 2.95. The standard InChI is InChI=1S/C11H18N4OS/c1-9(12)10(16)14-4-2-5-15(7-6-14)11-13-3-8-17-11/h3,8-9H,2,4-7,12H2,1H3. The van der Waals surface area contributed by atoms with E-state index in [1.807, 2.05) is 16.5 Å². The van der Waals surface area contributed by atoms with Gasteiger partial charge in [0.1, 0.15) is 0 Å². The summed E-state index contributed by atoms with van der Waals surface area (Å²) >= 11 is 1.64. The van der Waals surface area contributed by atoms with Crippen molar-refractivity contribution in [1.82, 2.24) is 9.88 Å². The summed E-state index contributed by atoms with van der Waals surface area (Å²) in [6, 6.07) is -0.401. The van der Waals surface area contributed by atoms with Crippen LogP contribution in [0.5, 0.6) is 0 Å². The van der Waals surface area contributed by atoms with Crippen molar-refractivity contribution in [3.8, 4) is 0 Å². The number of carbonyl (C=O) groups is 1. The molecule has 1 fully saturated rings. The lowest BCUT2D eigenvalue weighted by molar-refractivity contribution is -0.131. The highest BCUT2D eigenvalue weighted by atomic mass is 32.1. The summed E-state index contributed by atoms with van der Waals surface area (Å²) in [6.07, 6.45) is 2.79. The molecular formula is C11H18N4OS. The first-order valence-corrected chi connectivity index (χ1v) is 6.75. The van der Waals surface area contributed by atoms with Crippen LogP contribution in [-0.4, -0.2) is 48.0 Å². The molecule has 1 atom stereocenters. The van der Waals surface area contributed by atoms with Gasteiger partial charge in [-0.05, 0) is 13.3 Å². The molecule has 0 radical (unpaired) electrons. The average molecular weight is 254 g/mol. The zero-order chi connectivity index (χ0) is 12.3. The first-order chi connectivity index (χ1) is 8.18. The summed E-state index contributed by atoms with van der Waals surface area (Å²) < 4.78 is 0. The molecule has 1 aromatic heterocycles. The molecule has 0 aliphatic carbocycles. The average Bonchev–Trinajstić information content (AvgIpc) is 2.73. The number of amides is 1. The summed E-state index contributed by atoms with van der Waals surface area (Å²) in [6.45, 7) is 5.07. The third-order valence-electron chi connectivity index (χ3n) is 2.89. The summed E-state index contributed by atoms with van der Waals surface area (Å²) in [5.41, 5.74) is 5.63. The predicted molar refractivity (Wildman–Crippen MR) is 69.2 cm³/mol. The van der Waals surface area contributed by atoms with Crippen LogP contribution in [0.15, 0.2) is 11.6 Å². The Morgan fingerprint density at radius 1 is 1.47 bits per heavy atom. The van der Waals surface area contributed by atoms with E-state index in [4.69, 9.17) is 5.73 Å². The fourth-order valence-corrected chi connectivity index (χ4v) is 2.69. The van der Waals surface area contributed by atoms with Gasteiger partial charge in [0.2, 0.25) is 5.91 Å². The Balaban J connectivity index is 1.96. The monoisotopic (exact) mass is 254 g/mol. The Hall–Kier alpha value is -1.14.